The van der Waals surface area contributed by atoms with Crippen LogP contribution in [-0.2, 0) is 0 Å². The van der Waals surface area contributed by atoms with E-state index in [0.717, 1.165) is 15.6 Å². The Labute approximate surface area is 127 Å². The van der Waals surface area contributed by atoms with Gasteiger partial charge in [-0.3, -0.25) is 0 Å². The largest absolute Gasteiger partial charge is 0.497 e. The molecule has 0 fully saturated rings. The standard InChI is InChI=1S/C16H17BrO3/c1-10-6-11(8-12(17)7-10)16(18)14-5-4-13(19-2)9-15(14)20-3/h4-9,16,18H,1-3H3. The monoisotopic (exact) mass is 336 g/mol. The van der Waals surface area contributed by atoms with Crippen LogP contribution in [0.4, 0.5) is 0 Å². The van der Waals surface area contributed by atoms with Crippen molar-refractivity contribution in [1.82, 2.24) is 0 Å². The van der Waals surface area contributed by atoms with E-state index >= 15 is 0 Å². The molecule has 0 aliphatic rings. The highest BCUT2D eigenvalue weighted by Gasteiger charge is 2.17. The molecule has 0 amide bonds. The Balaban J connectivity index is 2.44. The van der Waals surface area contributed by atoms with E-state index in [2.05, 4.69) is 15.9 Å². The quantitative estimate of drug-likeness (QED) is 0.921. The molecule has 0 aromatic heterocycles. The second-order valence-corrected chi connectivity index (χ2v) is 5.49. The summed E-state index contributed by atoms with van der Waals surface area (Å²) in [5.74, 6) is 1.30. The minimum atomic E-state index is -0.743. The van der Waals surface area contributed by atoms with Crippen LogP contribution in [0, 0.1) is 6.92 Å². The fraction of sp³-hybridized carbons (Fsp3) is 0.250. The molecular weight excluding hydrogens is 320 g/mol. The maximum Gasteiger partial charge on any atom is 0.128 e. The van der Waals surface area contributed by atoms with Gasteiger partial charge in [0.05, 0.1) is 14.2 Å². The van der Waals surface area contributed by atoms with E-state index in [0.29, 0.717) is 17.1 Å². The fourth-order valence-corrected chi connectivity index (χ4v) is 2.77. The summed E-state index contributed by atoms with van der Waals surface area (Å²) in [6.07, 6.45) is -0.743. The van der Waals surface area contributed by atoms with Crippen LogP contribution in [-0.4, -0.2) is 19.3 Å². The average Bonchev–Trinajstić information content (AvgIpc) is 2.44. The summed E-state index contributed by atoms with van der Waals surface area (Å²) < 4.78 is 11.4. The maximum absolute atomic E-state index is 10.6. The minimum Gasteiger partial charge on any atom is -0.497 e. The van der Waals surface area contributed by atoms with Gasteiger partial charge in [-0.15, -0.1) is 0 Å². The lowest BCUT2D eigenvalue weighted by molar-refractivity contribution is 0.214. The summed E-state index contributed by atoms with van der Waals surface area (Å²) in [5, 5.41) is 10.6. The third kappa shape index (κ3) is 3.14. The molecular formula is C16H17BrO3. The minimum absolute atomic E-state index is 0.606. The highest BCUT2D eigenvalue weighted by atomic mass is 79.9. The lowest BCUT2D eigenvalue weighted by Gasteiger charge is -2.17. The van der Waals surface area contributed by atoms with Crippen molar-refractivity contribution in [2.75, 3.05) is 14.2 Å². The van der Waals surface area contributed by atoms with E-state index in [9.17, 15) is 5.11 Å². The van der Waals surface area contributed by atoms with Gasteiger partial charge in [0.25, 0.3) is 0 Å². The molecule has 0 saturated carbocycles. The molecule has 2 rings (SSSR count). The SMILES string of the molecule is COc1ccc(C(O)c2cc(C)cc(Br)c2)c(OC)c1. The summed E-state index contributed by atoms with van der Waals surface area (Å²) in [6.45, 7) is 1.99. The molecule has 0 saturated heterocycles. The van der Waals surface area contributed by atoms with Crippen LogP contribution in [0.2, 0.25) is 0 Å². The van der Waals surface area contributed by atoms with Gasteiger partial charge in [0.1, 0.15) is 17.6 Å². The maximum atomic E-state index is 10.6. The zero-order chi connectivity index (χ0) is 14.7. The third-order valence-corrected chi connectivity index (χ3v) is 3.57. The van der Waals surface area contributed by atoms with Crippen molar-refractivity contribution in [3.63, 3.8) is 0 Å². The lowest BCUT2D eigenvalue weighted by atomic mass is 9.99. The average molecular weight is 337 g/mol. The molecule has 0 aliphatic carbocycles. The van der Waals surface area contributed by atoms with Gasteiger partial charge in [-0.25, -0.2) is 0 Å². The molecule has 3 nitrogen and oxygen atoms in total. The molecule has 1 unspecified atom stereocenters. The number of halogens is 1. The molecule has 1 atom stereocenters. The summed E-state index contributed by atoms with van der Waals surface area (Å²) >= 11 is 3.45. The van der Waals surface area contributed by atoms with Gasteiger partial charge in [0.15, 0.2) is 0 Å². The molecule has 0 heterocycles. The van der Waals surface area contributed by atoms with Crippen molar-refractivity contribution in [3.8, 4) is 11.5 Å². The molecule has 4 heteroatoms. The van der Waals surface area contributed by atoms with Crippen molar-refractivity contribution < 1.29 is 14.6 Å². The summed E-state index contributed by atoms with van der Waals surface area (Å²) in [5.41, 5.74) is 2.62. The van der Waals surface area contributed by atoms with Crippen LogP contribution in [0.1, 0.15) is 22.8 Å². The number of hydrogen-bond acceptors (Lipinski definition) is 3. The van der Waals surface area contributed by atoms with E-state index in [1.165, 1.54) is 0 Å². The Hall–Kier alpha value is -1.52. The predicted molar refractivity (Wildman–Crippen MR) is 82.5 cm³/mol. The second kappa shape index (κ2) is 6.29. The van der Waals surface area contributed by atoms with Crippen molar-refractivity contribution in [2.45, 2.75) is 13.0 Å². The van der Waals surface area contributed by atoms with Crippen LogP contribution >= 0.6 is 15.9 Å². The molecule has 20 heavy (non-hydrogen) atoms. The molecule has 0 aliphatic heterocycles. The second-order valence-electron chi connectivity index (χ2n) is 4.57. The zero-order valence-electron chi connectivity index (χ0n) is 11.7. The van der Waals surface area contributed by atoms with Gasteiger partial charge in [0.2, 0.25) is 0 Å². The molecule has 2 aromatic carbocycles. The first-order valence-electron chi connectivity index (χ1n) is 6.22. The Morgan fingerprint density at radius 2 is 1.80 bits per heavy atom. The van der Waals surface area contributed by atoms with E-state index in [1.807, 2.05) is 37.3 Å². The predicted octanol–water partition coefficient (Wildman–Crippen LogP) is 3.86. The number of benzene rings is 2. The van der Waals surface area contributed by atoms with Gasteiger partial charge >= 0.3 is 0 Å². The first-order chi connectivity index (χ1) is 9.55. The zero-order valence-corrected chi connectivity index (χ0v) is 13.3. The van der Waals surface area contributed by atoms with Crippen molar-refractivity contribution in [2.24, 2.45) is 0 Å². The topological polar surface area (TPSA) is 38.7 Å². The number of aryl methyl sites for hydroxylation is 1. The highest BCUT2D eigenvalue weighted by Crippen LogP contribution is 2.34. The summed E-state index contributed by atoms with van der Waals surface area (Å²) in [6, 6.07) is 11.3. The molecule has 0 radical (unpaired) electrons. The number of aliphatic hydroxyl groups is 1. The number of hydrogen-bond donors (Lipinski definition) is 1. The Kier molecular flexibility index (Phi) is 4.68. The highest BCUT2D eigenvalue weighted by molar-refractivity contribution is 9.10. The van der Waals surface area contributed by atoms with Crippen molar-refractivity contribution in [1.29, 1.82) is 0 Å². The molecule has 1 N–H and O–H groups in total. The normalized spacial score (nSPS) is 12.1. The van der Waals surface area contributed by atoms with Crippen LogP contribution < -0.4 is 9.47 Å². The number of methoxy groups -OCH3 is 2. The van der Waals surface area contributed by atoms with Crippen molar-refractivity contribution >= 4 is 15.9 Å². The van der Waals surface area contributed by atoms with Gasteiger partial charge in [0, 0.05) is 16.1 Å². The first-order valence-corrected chi connectivity index (χ1v) is 7.01. The lowest BCUT2D eigenvalue weighted by Crippen LogP contribution is -2.03. The van der Waals surface area contributed by atoms with Gasteiger partial charge in [-0.2, -0.15) is 0 Å². The van der Waals surface area contributed by atoms with Crippen molar-refractivity contribution in [3.05, 3.63) is 57.6 Å². The number of rotatable bonds is 4. The fourth-order valence-electron chi connectivity index (χ4n) is 2.15. The Morgan fingerprint density at radius 3 is 2.40 bits per heavy atom. The van der Waals surface area contributed by atoms with E-state index in [1.54, 1.807) is 20.3 Å². The van der Waals surface area contributed by atoms with Gasteiger partial charge in [-0.05, 0) is 42.3 Å². The Morgan fingerprint density at radius 1 is 1.05 bits per heavy atom. The Bertz CT molecular complexity index is 590. The summed E-state index contributed by atoms with van der Waals surface area (Å²) in [4.78, 5) is 0. The number of aliphatic hydroxyl groups excluding tert-OH is 1. The molecule has 0 bridgehead atoms. The third-order valence-electron chi connectivity index (χ3n) is 3.12. The van der Waals surface area contributed by atoms with Gasteiger partial charge < -0.3 is 14.6 Å². The van der Waals surface area contributed by atoms with E-state index in [4.69, 9.17) is 9.47 Å². The van der Waals surface area contributed by atoms with Crippen LogP contribution in [0.5, 0.6) is 11.5 Å². The van der Waals surface area contributed by atoms with Gasteiger partial charge in [-0.1, -0.05) is 22.0 Å². The molecule has 0 spiro atoms. The first kappa shape index (κ1) is 14.9. The van der Waals surface area contributed by atoms with Crippen LogP contribution in [0.15, 0.2) is 40.9 Å². The number of ether oxygens (including phenoxy) is 2. The molecule has 2 aromatic rings. The van der Waals surface area contributed by atoms with E-state index in [-0.39, 0.29) is 0 Å². The van der Waals surface area contributed by atoms with Crippen LogP contribution in [0.3, 0.4) is 0 Å². The van der Waals surface area contributed by atoms with Crippen LogP contribution in [0.25, 0.3) is 0 Å². The smallest absolute Gasteiger partial charge is 0.128 e. The van der Waals surface area contributed by atoms with E-state index < -0.39 is 6.10 Å². The molecule has 106 valence electrons. The summed E-state index contributed by atoms with van der Waals surface area (Å²) in [7, 11) is 3.18.